The van der Waals surface area contributed by atoms with Crippen LogP contribution in [0.2, 0.25) is 5.02 Å². The molecular formula is C20H16ClFN2O3. The zero-order valence-electron chi connectivity index (χ0n) is 14.2. The summed E-state index contributed by atoms with van der Waals surface area (Å²) in [5.41, 5.74) is 2.34. The Balaban J connectivity index is 1.29. The van der Waals surface area contributed by atoms with Crippen molar-refractivity contribution in [2.75, 3.05) is 6.54 Å². The van der Waals surface area contributed by atoms with Crippen LogP contribution in [0.5, 0.6) is 5.75 Å². The standard InChI is InChI=1S/C20H16ClFN2O3/c21-14-3-6-17-13(9-14)10-18(27-17)19(25)23-8-7-16-11-26-20(24-16)12-1-4-15(22)5-2-12/h1-6,9,11,18H,7-8,10H2,(H,23,25). The summed E-state index contributed by atoms with van der Waals surface area (Å²) in [5, 5.41) is 3.48. The van der Waals surface area contributed by atoms with Gasteiger partial charge in [0, 0.05) is 30.0 Å². The average Bonchev–Trinajstić information content (AvgIpc) is 3.29. The van der Waals surface area contributed by atoms with Crippen LogP contribution in [0, 0.1) is 5.82 Å². The van der Waals surface area contributed by atoms with Crippen LogP contribution in [0.1, 0.15) is 11.3 Å². The molecule has 0 aliphatic carbocycles. The smallest absolute Gasteiger partial charge is 0.261 e. The van der Waals surface area contributed by atoms with Crippen LogP contribution in [-0.2, 0) is 17.6 Å². The third-order valence-electron chi connectivity index (χ3n) is 4.31. The SMILES string of the molecule is O=C(NCCc1coc(-c2ccc(F)cc2)n1)C1Cc2cc(Cl)ccc2O1. The highest BCUT2D eigenvalue weighted by atomic mass is 35.5. The number of nitrogens with one attached hydrogen (secondary N) is 1. The summed E-state index contributed by atoms with van der Waals surface area (Å²) in [5.74, 6) is 0.624. The Morgan fingerprint density at radius 3 is 2.89 bits per heavy atom. The van der Waals surface area contributed by atoms with Gasteiger partial charge in [0.25, 0.3) is 5.91 Å². The zero-order chi connectivity index (χ0) is 18.8. The van der Waals surface area contributed by atoms with E-state index < -0.39 is 6.10 Å². The lowest BCUT2D eigenvalue weighted by Gasteiger charge is -2.10. The molecular weight excluding hydrogens is 371 g/mol. The Labute approximate surface area is 160 Å². The van der Waals surface area contributed by atoms with Crippen LogP contribution in [-0.4, -0.2) is 23.5 Å². The van der Waals surface area contributed by atoms with Crippen molar-refractivity contribution in [2.45, 2.75) is 18.9 Å². The second-order valence-corrected chi connectivity index (χ2v) is 6.69. The van der Waals surface area contributed by atoms with Gasteiger partial charge in [-0.05, 0) is 48.0 Å². The minimum atomic E-state index is -0.550. The predicted octanol–water partition coefficient (Wildman–Crippen LogP) is 3.80. The molecule has 138 valence electrons. The number of aromatic nitrogens is 1. The Bertz CT molecular complexity index is 972. The van der Waals surface area contributed by atoms with Crippen molar-refractivity contribution in [1.29, 1.82) is 0 Å². The van der Waals surface area contributed by atoms with E-state index in [1.165, 1.54) is 18.4 Å². The van der Waals surface area contributed by atoms with Crippen molar-refractivity contribution in [3.63, 3.8) is 0 Å². The quantitative estimate of drug-likeness (QED) is 0.724. The molecule has 2 aromatic carbocycles. The van der Waals surface area contributed by atoms with E-state index in [2.05, 4.69) is 10.3 Å². The minimum Gasteiger partial charge on any atom is -0.480 e. The molecule has 27 heavy (non-hydrogen) atoms. The Kier molecular flexibility index (Phi) is 4.81. The second-order valence-electron chi connectivity index (χ2n) is 6.25. The number of hydrogen-bond donors (Lipinski definition) is 1. The van der Waals surface area contributed by atoms with Crippen LogP contribution < -0.4 is 10.1 Å². The fourth-order valence-corrected chi connectivity index (χ4v) is 3.13. The number of nitrogens with zero attached hydrogens (tertiary/aromatic N) is 1. The number of ether oxygens (including phenoxy) is 1. The van der Waals surface area contributed by atoms with E-state index in [1.54, 1.807) is 24.3 Å². The molecule has 1 aliphatic heterocycles. The fraction of sp³-hybridized carbons (Fsp3) is 0.200. The molecule has 1 aliphatic rings. The third-order valence-corrected chi connectivity index (χ3v) is 4.55. The highest BCUT2D eigenvalue weighted by Crippen LogP contribution is 2.31. The molecule has 1 aromatic heterocycles. The van der Waals surface area contributed by atoms with Gasteiger partial charge in [-0.2, -0.15) is 0 Å². The number of amides is 1. The monoisotopic (exact) mass is 386 g/mol. The van der Waals surface area contributed by atoms with Crippen LogP contribution in [0.4, 0.5) is 4.39 Å². The normalized spacial score (nSPS) is 15.3. The molecule has 1 unspecified atom stereocenters. The third kappa shape index (κ3) is 3.95. The van der Waals surface area contributed by atoms with E-state index in [1.807, 2.05) is 6.07 Å². The topological polar surface area (TPSA) is 64.4 Å². The molecule has 1 atom stereocenters. The number of hydrogen-bond acceptors (Lipinski definition) is 4. The molecule has 2 heterocycles. The van der Waals surface area contributed by atoms with Crippen molar-refractivity contribution >= 4 is 17.5 Å². The molecule has 7 heteroatoms. The van der Waals surface area contributed by atoms with Gasteiger partial charge in [-0.1, -0.05) is 11.6 Å². The van der Waals surface area contributed by atoms with E-state index in [4.69, 9.17) is 20.8 Å². The summed E-state index contributed by atoms with van der Waals surface area (Å²) in [6, 6.07) is 11.2. The first-order valence-electron chi connectivity index (χ1n) is 8.51. The molecule has 1 N–H and O–H groups in total. The van der Waals surface area contributed by atoms with E-state index in [0.29, 0.717) is 47.3 Å². The maximum Gasteiger partial charge on any atom is 0.261 e. The number of rotatable bonds is 5. The van der Waals surface area contributed by atoms with Gasteiger partial charge in [-0.25, -0.2) is 9.37 Å². The molecule has 0 spiro atoms. The number of halogens is 2. The lowest BCUT2D eigenvalue weighted by atomic mass is 10.1. The number of benzene rings is 2. The summed E-state index contributed by atoms with van der Waals surface area (Å²) in [4.78, 5) is 16.7. The lowest BCUT2D eigenvalue weighted by Crippen LogP contribution is -2.38. The molecule has 3 aromatic rings. The van der Waals surface area contributed by atoms with E-state index in [-0.39, 0.29) is 11.7 Å². The number of oxazole rings is 1. The van der Waals surface area contributed by atoms with E-state index >= 15 is 0 Å². The molecule has 0 saturated heterocycles. The van der Waals surface area contributed by atoms with E-state index in [9.17, 15) is 9.18 Å². The average molecular weight is 387 g/mol. The van der Waals surface area contributed by atoms with Crippen LogP contribution in [0.25, 0.3) is 11.5 Å². The summed E-state index contributed by atoms with van der Waals surface area (Å²) >= 11 is 5.97. The van der Waals surface area contributed by atoms with E-state index in [0.717, 1.165) is 5.56 Å². The first kappa shape index (κ1) is 17.5. The maximum atomic E-state index is 13.0. The summed E-state index contributed by atoms with van der Waals surface area (Å²) in [6.45, 7) is 0.408. The Morgan fingerprint density at radius 1 is 1.26 bits per heavy atom. The van der Waals surface area contributed by atoms with Crippen molar-refractivity contribution in [3.8, 4) is 17.2 Å². The fourth-order valence-electron chi connectivity index (χ4n) is 2.94. The van der Waals surface area contributed by atoms with Gasteiger partial charge in [0.15, 0.2) is 6.10 Å². The van der Waals surface area contributed by atoms with Gasteiger partial charge in [0.1, 0.15) is 17.8 Å². The van der Waals surface area contributed by atoms with Crippen molar-refractivity contribution in [1.82, 2.24) is 10.3 Å². The molecule has 0 radical (unpaired) electrons. The van der Waals surface area contributed by atoms with Gasteiger partial charge >= 0.3 is 0 Å². The maximum absolute atomic E-state index is 13.0. The molecule has 4 rings (SSSR count). The van der Waals surface area contributed by atoms with Gasteiger partial charge in [0.05, 0.1) is 5.69 Å². The zero-order valence-corrected chi connectivity index (χ0v) is 15.0. The number of carbonyl (C=O) groups excluding carboxylic acids is 1. The lowest BCUT2D eigenvalue weighted by molar-refractivity contribution is -0.127. The largest absolute Gasteiger partial charge is 0.480 e. The predicted molar refractivity (Wildman–Crippen MR) is 98.2 cm³/mol. The summed E-state index contributed by atoms with van der Waals surface area (Å²) < 4.78 is 24.1. The Morgan fingerprint density at radius 2 is 2.07 bits per heavy atom. The first-order valence-corrected chi connectivity index (χ1v) is 8.89. The minimum absolute atomic E-state index is 0.176. The van der Waals surface area contributed by atoms with Crippen molar-refractivity contribution in [3.05, 3.63) is 70.8 Å². The molecule has 0 fully saturated rings. The first-order chi connectivity index (χ1) is 13.1. The number of fused-ring (bicyclic) bond motifs is 1. The highest BCUT2D eigenvalue weighted by Gasteiger charge is 2.28. The molecule has 5 nitrogen and oxygen atoms in total. The van der Waals surface area contributed by atoms with Gasteiger partial charge < -0.3 is 14.5 Å². The second kappa shape index (κ2) is 7.40. The summed E-state index contributed by atoms with van der Waals surface area (Å²) in [7, 11) is 0. The van der Waals surface area contributed by atoms with Gasteiger partial charge in [-0.15, -0.1) is 0 Å². The summed E-state index contributed by atoms with van der Waals surface area (Å²) in [6.07, 6.45) is 2.00. The van der Waals surface area contributed by atoms with Gasteiger partial charge in [0.2, 0.25) is 5.89 Å². The van der Waals surface area contributed by atoms with Crippen LogP contribution >= 0.6 is 11.6 Å². The van der Waals surface area contributed by atoms with Crippen LogP contribution in [0.15, 0.2) is 53.1 Å². The molecule has 0 bridgehead atoms. The van der Waals surface area contributed by atoms with Gasteiger partial charge in [-0.3, -0.25) is 4.79 Å². The van der Waals surface area contributed by atoms with Crippen molar-refractivity contribution < 1.29 is 18.3 Å². The van der Waals surface area contributed by atoms with Crippen LogP contribution in [0.3, 0.4) is 0 Å². The number of carbonyl (C=O) groups is 1. The molecule has 1 amide bonds. The Hall–Kier alpha value is -2.86. The van der Waals surface area contributed by atoms with Crippen molar-refractivity contribution in [2.24, 2.45) is 0 Å². The molecule has 0 saturated carbocycles. The highest BCUT2D eigenvalue weighted by molar-refractivity contribution is 6.30.